The maximum Gasteiger partial charge on any atom is 0.262 e. The molecule has 3 N–H and O–H groups in total. The van der Waals surface area contributed by atoms with E-state index in [1.807, 2.05) is 0 Å². The van der Waals surface area contributed by atoms with Gasteiger partial charge in [-0.1, -0.05) is 6.07 Å². The molecule has 0 fully saturated rings. The van der Waals surface area contributed by atoms with Crippen LogP contribution >= 0.6 is 0 Å². The Morgan fingerprint density at radius 3 is 2.42 bits per heavy atom. The van der Waals surface area contributed by atoms with Crippen molar-refractivity contribution in [1.82, 2.24) is 4.98 Å². The van der Waals surface area contributed by atoms with E-state index in [-0.39, 0.29) is 23.8 Å². The van der Waals surface area contributed by atoms with Gasteiger partial charge in [0.25, 0.3) is 5.91 Å². The first-order valence-electron chi connectivity index (χ1n) is 10.1. The molecule has 2 heterocycles. The minimum absolute atomic E-state index is 0.0908. The molecule has 1 amide bonds. The molecule has 1 aliphatic rings. The predicted molar refractivity (Wildman–Crippen MR) is 115 cm³/mol. The number of amides is 1. The quantitative estimate of drug-likeness (QED) is 0.546. The lowest BCUT2D eigenvalue weighted by molar-refractivity contribution is -0.0403. The third-order valence-electron chi connectivity index (χ3n) is 5.52. The Labute approximate surface area is 187 Å². The van der Waals surface area contributed by atoms with E-state index in [2.05, 4.69) is 10.3 Å². The summed E-state index contributed by atoms with van der Waals surface area (Å²) in [5, 5.41) is 21.6. The van der Waals surface area contributed by atoms with E-state index in [1.165, 1.54) is 12.3 Å². The van der Waals surface area contributed by atoms with Gasteiger partial charge >= 0.3 is 0 Å². The SMILES string of the molecule is Cc1cc2c(cc1-c1ccc(NC(=O)c3c(F)cccc3F)nc1)OC(CO)(CO)CC2=O. The summed E-state index contributed by atoms with van der Waals surface area (Å²) in [7, 11) is 0. The molecular formula is C24H20F2N2O5. The highest BCUT2D eigenvalue weighted by Gasteiger charge is 2.40. The number of aliphatic hydroxyl groups excluding tert-OH is 2. The zero-order chi connectivity index (χ0) is 23.8. The summed E-state index contributed by atoms with van der Waals surface area (Å²) in [6, 6.07) is 9.56. The molecular weight excluding hydrogens is 434 g/mol. The molecule has 0 unspecified atom stereocenters. The van der Waals surface area contributed by atoms with Gasteiger partial charge < -0.3 is 20.3 Å². The van der Waals surface area contributed by atoms with Crippen molar-refractivity contribution in [3.05, 3.63) is 77.0 Å². The van der Waals surface area contributed by atoms with Crippen LogP contribution in [0.5, 0.6) is 5.75 Å². The summed E-state index contributed by atoms with van der Waals surface area (Å²) < 4.78 is 33.4. The van der Waals surface area contributed by atoms with E-state index in [0.717, 1.165) is 23.8 Å². The smallest absolute Gasteiger partial charge is 0.262 e. The van der Waals surface area contributed by atoms with Crippen LogP contribution in [-0.2, 0) is 0 Å². The van der Waals surface area contributed by atoms with Crippen molar-refractivity contribution in [2.75, 3.05) is 18.5 Å². The number of rotatable bonds is 5. The number of carbonyl (C=O) groups excluding carboxylic acids is 2. The average molecular weight is 454 g/mol. The van der Waals surface area contributed by atoms with Crippen LogP contribution in [0.2, 0.25) is 0 Å². The van der Waals surface area contributed by atoms with Crippen LogP contribution in [-0.4, -0.2) is 45.7 Å². The third kappa shape index (κ3) is 4.20. The molecule has 1 aromatic heterocycles. The van der Waals surface area contributed by atoms with Gasteiger partial charge in [-0.2, -0.15) is 0 Å². The molecule has 2 aromatic carbocycles. The largest absolute Gasteiger partial charge is 0.481 e. The van der Waals surface area contributed by atoms with Crippen molar-refractivity contribution in [3.8, 4) is 16.9 Å². The topological polar surface area (TPSA) is 109 Å². The molecule has 7 nitrogen and oxygen atoms in total. The minimum atomic E-state index is -1.38. The lowest BCUT2D eigenvalue weighted by atomic mass is 9.88. The fraction of sp³-hybridized carbons (Fsp3) is 0.208. The fourth-order valence-electron chi connectivity index (χ4n) is 3.71. The first-order valence-corrected chi connectivity index (χ1v) is 10.1. The zero-order valence-corrected chi connectivity index (χ0v) is 17.6. The van der Waals surface area contributed by atoms with Crippen LogP contribution < -0.4 is 10.1 Å². The summed E-state index contributed by atoms with van der Waals surface area (Å²) in [5.41, 5.74) is 0.345. The maximum atomic E-state index is 13.8. The first kappa shape index (κ1) is 22.5. The minimum Gasteiger partial charge on any atom is -0.481 e. The number of aromatic nitrogens is 1. The number of carbonyl (C=O) groups is 2. The number of hydrogen-bond acceptors (Lipinski definition) is 6. The lowest BCUT2D eigenvalue weighted by Crippen LogP contribution is -2.48. The molecule has 4 rings (SSSR count). The van der Waals surface area contributed by atoms with E-state index in [9.17, 15) is 28.6 Å². The Morgan fingerprint density at radius 2 is 1.82 bits per heavy atom. The number of hydrogen-bond donors (Lipinski definition) is 3. The summed E-state index contributed by atoms with van der Waals surface area (Å²) in [5.74, 6) is -2.84. The van der Waals surface area contributed by atoms with E-state index >= 15 is 0 Å². The van der Waals surface area contributed by atoms with Crippen molar-refractivity contribution in [2.24, 2.45) is 0 Å². The highest BCUT2D eigenvalue weighted by atomic mass is 19.1. The number of aliphatic hydroxyl groups is 2. The van der Waals surface area contributed by atoms with Crippen LogP contribution in [0.15, 0.2) is 48.7 Å². The second-order valence-corrected chi connectivity index (χ2v) is 7.85. The Kier molecular flexibility index (Phi) is 5.92. The second kappa shape index (κ2) is 8.68. The number of nitrogens with one attached hydrogen (secondary N) is 1. The molecule has 0 radical (unpaired) electrons. The zero-order valence-electron chi connectivity index (χ0n) is 17.6. The fourth-order valence-corrected chi connectivity index (χ4v) is 3.71. The Hall–Kier alpha value is -3.69. The molecule has 3 aromatic rings. The summed E-state index contributed by atoms with van der Waals surface area (Å²) in [6.45, 7) is 0.770. The number of Topliss-reactive ketones (excluding diaryl/α,β-unsaturated/α-hetero) is 1. The van der Waals surface area contributed by atoms with E-state index in [4.69, 9.17) is 4.74 Å². The number of nitrogens with zero attached hydrogens (tertiary/aromatic N) is 1. The van der Waals surface area contributed by atoms with Crippen LogP contribution in [0.25, 0.3) is 11.1 Å². The standard InChI is InChI=1S/C24H20F2N2O5/c1-13-7-16-19(31)9-24(11-29,12-30)33-20(16)8-15(13)14-5-6-21(27-10-14)28-23(32)22-17(25)3-2-4-18(22)26/h2-8,10,29-30H,9,11-12H2,1H3,(H,27,28,32). The molecule has 170 valence electrons. The van der Waals surface area contributed by atoms with Gasteiger partial charge in [-0.25, -0.2) is 13.8 Å². The van der Waals surface area contributed by atoms with Crippen molar-refractivity contribution in [1.29, 1.82) is 0 Å². The number of fused-ring (bicyclic) bond motifs is 1. The number of halogens is 2. The summed E-state index contributed by atoms with van der Waals surface area (Å²) in [6.07, 6.45) is 1.32. The number of pyridine rings is 1. The third-order valence-corrected chi connectivity index (χ3v) is 5.52. The van der Waals surface area contributed by atoms with Crippen LogP contribution in [0.4, 0.5) is 14.6 Å². The second-order valence-electron chi connectivity index (χ2n) is 7.85. The van der Waals surface area contributed by atoms with Gasteiger partial charge in [0, 0.05) is 11.8 Å². The van der Waals surface area contributed by atoms with Crippen LogP contribution in [0.3, 0.4) is 0 Å². The van der Waals surface area contributed by atoms with Gasteiger partial charge in [-0.3, -0.25) is 9.59 Å². The van der Waals surface area contributed by atoms with Crippen molar-refractivity contribution in [2.45, 2.75) is 18.9 Å². The molecule has 0 spiro atoms. The molecule has 0 aliphatic carbocycles. The Morgan fingerprint density at radius 1 is 1.12 bits per heavy atom. The maximum absolute atomic E-state index is 13.8. The van der Waals surface area contributed by atoms with Gasteiger partial charge in [0.2, 0.25) is 0 Å². The van der Waals surface area contributed by atoms with Crippen molar-refractivity contribution in [3.63, 3.8) is 0 Å². The van der Waals surface area contributed by atoms with Gasteiger partial charge in [-0.15, -0.1) is 0 Å². The molecule has 9 heteroatoms. The van der Waals surface area contributed by atoms with E-state index in [1.54, 1.807) is 25.1 Å². The molecule has 0 bridgehead atoms. The number of aryl methyl sites for hydroxylation is 1. The Bertz CT molecular complexity index is 1220. The van der Waals surface area contributed by atoms with Crippen molar-refractivity contribution >= 4 is 17.5 Å². The summed E-state index contributed by atoms with van der Waals surface area (Å²) in [4.78, 5) is 28.9. The Balaban J connectivity index is 1.61. The molecule has 0 saturated carbocycles. The monoisotopic (exact) mass is 454 g/mol. The van der Waals surface area contributed by atoms with Gasteiger partial charge in [0.15, 0.2) is 11.4 Å². The number of anilines is 1. The molecule has 0 atom stereocenters. The summed E-state index contributed by atoms with van der Waals surface area (Å²) >= 11 is 0. The first-order chi connectivity index (χ1) is 15.8. The van der Waals surface area contributed by atoms with Crippen molar-refractivity contribution < 1.29 is 33.3 Å². The normalized spacial score (nSPS) is 14.4. The number of ether oxygens (including phenoxy) is 1. The van der Waals surface area contributed by atoms with Crippen LogP contribution in [0.1, 0.15) is 32.7 Å². The van der Waals surface area contributed by atoms with Gasteiger partial charge in [-0.05, 0) is 54.4 Å². The predicted octanol–water partition coefficient (Wildman–Crippen LogP) is 3.28. The molecule has 33 heavy (non-hydrogen) atoms. The lowest BCUT2D eigenvalue weighted by Gasteiger charge is -2.35. The van der Waals surface area contributed by atoms with Gasteiger partial charge in [0.05, 0.1) is 25.2 Å². The average Bonchev–Trinajstić information content (AvgIpc) is 2.79. The number of ketones is 1. The highest BCUT2D eigenvalue weighted by molar-refractivity contribution is 6.04. The van der Waals surface area contributed by atoms with E-state index in [0.29, 0.717) is 16.7 Å². The molecule has 1 aliphatic heterocycles. The molecule has 0 saturated heterocycles. The highest BCUT2D eigenvalue weighted by Crippen LogP contribution is 2.38. The van der Waals surface area contributed by atoms with Gasteiger partial charge in [0.1, 0.15) is 28.8 Å². The number of benzene rings is 2. The van der Waals surface area contributed by atoms with E-state index < -0.39 is 41.9 Å². The van der Waals surface area contributed by atoms with Crippen LogP contribution in [0, 0.1) is 18.6 Å².